The summed E-state index contributed by atoms with van der Waals surface area (Å²) in [6.07, 6.45) is 1.81. The quantitative estimate of drug-likeness (QED) is 0.788. The summed E-state index contributed by atoms with van der Waals surface area (Å²) < 4.78 is 5.09. The Morgan fingerprint density at radius 2 is 1.88 bits per heavy atom. The molecule has 1 aromatic carbocycles. The van der Waals surface area contributed by atoms with Crippen LogP contribution < -0.4 is 0 Å². The highest BCUT2D eigenvalue weighted by Gasteiger charge is 2.29. The number of carbonyl (C=O) groups is 1. The molecule has 1 aliphatic heterocycles. The summed E-state index contributed by atoms with van der Waals surface area (Å²) in [6.45, 7) is 8.37. The zero-order valence-electron chi connectivity index (χ0n) is 15.2. The maximum Gasteiger partial charge on any atom is 0.409 e. The molecule has 134 valence electrons. The van der Waals surface area contributed by atoms with Crippen molar-refractivity contribution < 1.29 is 9.53 Å². The predicted octanol–water partition coefficient (Wildman–Crippen LogP) is 4.38. The van der Waals surface area contributed by atoms with Gasteiger partial charge in [0.2, 0.25) is 0 Å². The molecule has 0 radical (unpaired) electrons. The number of hydrogen-bond donors (Lipinski definition) is 0. The second kappa shape index (κ2) is 8.72. The summed E-state index contributed by atoms with van der Waals surface area (Å²) in [6, 6.07) is 9.06. The number of carbonyl (C=O) groups excluding carboxylic acids is 1. The van der Waals surface area contributed by atoms with Gasteiger partial charge in [-0.3, -0.25) is 0 Å². The van der Waals surface area contributed by atoms with Crippen LogP contribution in [0.15, 0.2) is 24.3 Å². The molecule has 1 heterocycles. The summed E-state index contributed by atoms with van der Waals surface area (Å²) >= 11 is 5.99. The lowest BCUT2D eigenvalue weighted by Crippen LogP contribution is -2.49. The van der Waals surface area contributed by atoms with Crippen LogP contribution >= 0.6 is 11.6 Å². The minimum atomic E-state index is -0.179. The van der Waals surface area contributed by atoms with E-state index in [4.69, 9.17) is 16.3 Å². The van der Waals surface area contributed by atoms with E-state index in [0.29, 0.717) is 24.6 Å². The first-order chi connectivity index (χ1) is 11.4. The van der Waals surface area contributed by atoms with Gasteiger partial charge in [-0.25, -0.2) is 4.79 Å². The molecule has 1 aromatic rings. The van der Waals surface area contributed by atoms with E-state index in [9.17, 15) is 4.79 Å². The van der Waals surface area contributed by atoms with Crippen LogP contribution in [0.3, 0.4) is 0 Å². The second-order valence-electron chi connectivity index (χ2n) is 6.66. The van der Waals surface area contributed by atoms with Crippen molar-refractivity contribution in [3.05, 3.63) is 34.9 Å². The number of rotatable bonds is 5. The number of benzene rings is 1. The zero-order chi connectivity index (χ0) is 17.7. The van der Waals surface area contributed by atoms with Crippen LogP contribution in [0, 0.1) is 0 Å². The van der Waals surface area contributed by atoms with Crippen molar-refractivity contribution >= 4 is 17.7 Å². The van der Waals surface area contributed by atoms with Crippen LogP contribution in [0.25, 0.3) is 0 Å². The van der Waals surface area contributed by atoms with Gasteiger partial charge in [0.1, 0.15) is 0 Å². The Labute approximate surface area is 150 Å². The molecule has 1 fully saturated rings. The third-order valence-electron chi connectivity index (χ3n) is 5.33. The minimum Gasteiger partial charge on any atom is -0.450 e. The van der Waals surface area contributed by atoms with Gasteiger partial charge in [-0.15, -0.1) is 0 Å². The van der Waals surface area contributed by atoms with Crippen LogP contribution in [-0.2, 0) is 4.74 Å². The summed E-state index contributed by atoms with van der Waals surface area (Å²) in [5, 5.41) is 0.776. The first kappa shape index (κ1) is 19.1. The van der Waals surface area contributed by atoms with Gasteiger partial charge in [-0.2, -0.15) is 0 Å². The van der Waals surface area contributed by atoms with Gasteiger partial charge in [0.05, 0.1) is 6.61 Å². The normalized spacial score (nSPS) is 18.5. The van der Waals surface area contributed by atoms with E-state index >= 15 is 0 Å². The SMILES string of the molecule is CCOC(=O)N1CCC(N(C)[C@H](C)[C@@H](C)c2ccc(Cl)cc2)CC1. The van der Waals surface area contributed by atoms with E-state index in [1.165, 1.54) is 5.56 Å². The Balaban J connectivity index is 1.90. The van der Waals surface area contributed by atoms with Crippen molar-refractivity contribution in [1.29, 1.82) is 0 Å². The molecule has 0 aliphatic carbocycles. The highest BCUT2D eigenvalue weighted by Crippen LogP contribution is 2.27. The number of amides is 1. The minimum absolute atomic E-state index is 0.179. The Hall–Kier alpha value is -1.26. The molecular formula is C19H29ClN2O2. The molecule has 0 unspecified atom stereocenters. The number of likely N-dealkylation sites (tertiary alicyclic amines) is 1. The number of nitrogens with zero attached hydrogens (tertiary/aromatic N) is 2. The van der Waals surface area contributed by atoms with E-state index < -0.39 is 0 Å². The average Bonchev–Trinajstić information content (AvgIpc) is 2.61. The molecule has 1 saturated heterocycles. The van der Waals surface area contributed by atoms with E-state index in [0.717, 1.165) is 31.0 Å². The Bertz CT molecular complexity index is 527. The van der Waals surface area contributed by atoms with Gasteiger partial charge in [0.15, 0.2) is 0 Å². The van der Waals surface area contributed by atoms with Crippen molar-refractivity contribution in [3.8, 4) is 0 Å². The fourth-order valence-corrected chi connectivity index (χ4v) is 3.53. The monoisotopic (exact) mass is 352 g/mol. The second-order valence-corrected chi connectivity index (χ2v) is 7.10. The molecule has 0 aromatic heterocycles. The van der Waals surface area contributed by atoms with Gasteiger partial charge in [0, 0.05) is 30.2 Å². The van der Waals surface area contributed by atoms with E-state index in [-0.39, 0.29) is 6.09 Å². The summed E-state index contributed by atoms with van der Waals surface area (Å²) in [4.78, 5) is 16.1. The number of likely N-dealkylation sites (N-methyl/N-ethyl adjacent to an activating group) is 1. The van der Waals surface area contributed by atoms with E-state index in [2.05, 4.69) is 37.9 Å². The maximum absolute atomic E-state index is 11.8. The molecule has 1 amide bonds. The van der Waals surface area contributed by atoms with Gasteiger partial charge in [-0.05, 0) is 57.4 Å². The van der Waals surface area contributed by atoms with Crippen molar-refractivity contribution in [2.24, 2.45) is 0 Å². The third-order valence-corrected chi connectivity index (χ3v) is 5.58. The highest BCUT2D eigenvalue weighted by atomic mass is 35.5. The number of hydrogen-bond acceptors (Lipinski definition) is 3. The van der Waals surface area contributed by atoms with Gasteiger partial charge in [0.25, 0.3) is 0 Å². The average molecular weight is 353 g/mol. The Morgan fingerprint density at radius 1 is 1.29 bits per heavy atom. The fraction of sp³-hybridized carbons (Fsp3) is 0.632. The molecule has 4 nitrogen and oxygen atoms in total. The summed E-state index contributed by atoms with van der Waals surface area (Å²) in [5.41, 5.74) is 1.31. The number of piperidine rings is 1. The standard InChI is InChI=1S/C19H29ClN2O2/c1-5-24-19(23)22-12-10-18(11-13-22)21(4)15(3)14(2)16-6-8-17(20)9-7-16/h6-9,14-15,18H,5,10-13H2,1-4H3/t14-,15-/m1/s1. The fourth-order valence-electron chi connectivity index (χ4n) is 3.40. The molecular weight excluding hydrogens is 324 g/mol. The highest BCUT2D eigenvalue weighted by molar-refractivity contribution is 6.30. The molecule has 2 rings (SSSR count). The van der Waals surface area contributed by atoms with Gasteiger partial charge >= 0.3 is 6.09 Å². The third kappa shape index (κ3) is 4.64. The largest absolute Gasteiger partial charge is 0.450 e. The predicted molar refractivity (Wildman–Crippen MR) is 98.7 cm³/mol. The van der Waals surface area contributed by atoms with E-state index in [1.54, 1.807) is 0 Å². The lowest BCUT2D eigenvalue weighted by Gasteiger charge is -2.40. The van der Waals surface area contributed by atoms with Crippen LogP contribution in [0.2, 0.25) is 5.02 Å². The summed E-state index contributed by atoms with van der Waals surface area (Å²) in [7, 11) is 2.20. The van der Waals surface area contributed by atoms with Crippen LogP contribution in [0.5, 0.6) is 0 Å². The molecule has 0 bridgehead atoms. The molecule has 2 atom stereocenters. The molecule has 0 saturated carbocycles. The smallest absolute Gasteiger partial charge is 0.409 e. The first-order valence-electron chi connectivity index (χ1n) is 8.83. The lowest BCUT2D eigenvalue weighted by molar-refractivity contribution is 0.0690. The van der Waals surface area contributed by atoms with Crippen LogP contribution in [0.1, 0.15) is 45.1 Å². The van der Waals surface area contributed by atoms with Crippen molar-refractivity contribution in [1.82, 2.24) is 9.80 Å². The maximum atomic E-state index is 11.8. The molecule has 0 N–H and O–H groups in total. The van der Waals surface area contributed by atoms with E-state index in [1.807, 2.05) is 24.0 Å². The van der Waals surface area contributed by atoms with Crippen LogP contribution in [-0.4, -0.2) is 54.7 Å². The summed E-state index contributed by atoms with van der Waals surface area (Å²) in [5.74, 6) is 0.426. The van der Waals surface area contributed by atoms with Gasteiger partial charge < -0.3 is 14.5 Å². The molecule has 5 heteroatoms. The Kier molecular flexibility index (Phi) is 6.93. The van der Waals surface area contributed by atoms with Crippen molar-refractivity contribution in [3.63, 3.8) is 0 Å². The number of halogens is 1. The van der Waals surface area contributed by atoms with Crippen molar-refractivity contribution in [2.75, 3.05) is 26.7 Å². The molecule has 1 aliphatic rings. The van der Waals surface area contributed by atoms with Crippen molar-refractivity contribution in [2.45, 2.75) is 51.6 Å². The van der Waals surface area contributed by atoms with Gasteiger partial charge in [-0.1, -0.05) is 30.7 Å². The topological polar surface area (TPSA) is 32.8 Å². The Morgan fingerprint density at radius 3 is 2.42 bits per heavy atom. The molecule has 24 heavy (non-hydrogen) atoms. The number of ether oxygens (including phenoxy) is 1. The zero-order valence-corrected chi connectivity index (χ0v) is 15.9. The molecule has 0 spiro atoms. The first-order valence-corrected chi connectivity index (χ1v) is 9.21. The lowest BCUT2D eigenvalue weighted by atomic mass is 9.91. The van der Waals surface area contributed by atoms with Crippen LogP contribution in [0.4, 0.5) is 4.79 Å².